The first-order chi connectivity index (χ1) is 10.6. The molecule has 1 aromatic heterocycles. The van der Waals surface area contributed by atoms with Crippen LogP contribution in [-0.4, -0.2) is 66.7 Å². The second-order valence-electron chi connectivity index (χ2n) is 5.56. The number of rotatable bonds is 6. The number of carbonyl (C=O) groups is 1. The second kappa shape index (κ2) is 7.93. The first kappa shape index (κ1) is 16.5. The number of aromatic nitrogens is 2. The highest BCUT2D eigenvalue weighted by molar-refractivity contribution is 5.78. The summed E-state index contributed by atoms with van der Waals surface area (Å²) in [4.78, 5) is 24.8. The Hall–Kier alpha value is -1.89. The fourth-order valence-electron chi connectivity index (χ4n) is 2.35. The van der Waals surface area contributed by atoms with Gasteiger partial charge in [0.15, 0.2) is 5.82 Å². The number of hydrogen-bond donors (Lipinski definition) is 1. The summed E-state index contributed by atoms with van der Waals surface area (Å²) in [5.41, 5.74) is 0. The van der Waals surface area contributed by atoms with E-state index in [0.717, 1.165) is 38.4 Å². The predicted molar refractivity (Wildman–Crippen MR) is 85.1 cm³/mol. The van der Waals surface area contributed by atoms with E-state index in [2.05, 4.69) is 32.0 Å². The van der Waals surface area contributed by atoms with Crippen molar-refractivity contribution in [1.29, 1.82) is 0 Å². The molecule has 7 nitrogen and oxygen atoms in total. The number of ether oxygens (including phenoxy) is 1. The predicted octanol–water partition coefficient (Wildman–Crippen LogP) is 0.522. The Bertz CT molecular complexity index is 489. The maximum absolute atomic E-state index is 11.9. The minimum atomic E-state index is 0.101. The van der Waals surface area contributed by atoms with Crippen molar-refractivity contribution in [1.82, 2.24) is 20.2 Å². The highest BCUT2D eigenvalue weighted by Gasteiger charge is 2.20. The van der Waals surface area contributed by atoms with Gasteiger partial charge in [0.1, 0.15) is 0 Å². The van der Waals surface area contributed by atoms with Crippen LogP contribution in [0.5, 0.6) is 5.88 Å². The van der Waals surface area contributed by atoms with Crippen LogP contribution in [0.15, 0.2) is 12.4 Å². The fourth-order valence-corrected chi connectivity index (χ4v) is 2.35. The van der Waals surface area contributed by atoms with Crippen LogP contribution in [0.4, 0.5) is 5.82 Å². The van der Waals surface area contributed by atoms with Gasteiger partial charge in [-0.25, -0.2) is 0 Å². The molecule has 22 heavy (non-hydrogen) atoms. The summed E-state index contributed by atoms with van der Waals surface area (Å²) in [5.74, 6) is 1.44. The van der Waals surface area contributed by atoms with Gasteiger partial charge < -0.3 is 15.0 Å². The lowest BCUT2D eigenvalue weighted by Crippen LogP contribution is -2.50. The maximum atomic E-state index is 11.9. The van der Waals surface area contributed by atoms with Crippen molar-refractivity contribution in [2.45, 2.75) is 26.3 Å². The zero-order valence-corrected chi connectivity index (χ0v) is 13.6. The van der Waals surface area contributed by atoms with Crippen molar-refractivity contribution in [2.75, 3.05) is 44.7 Å². The Labute approximate surface area is 131 Å². The van der Waals surface area contributed by atoms with E-state index >= 15 is 0 Å². The number of methoxy groups -OCH3 is 1. The van der Waals surface area contributed by atoms with E-state index in [1.165, 1.54) is 0 Å². The molecule has 122 valence electrons. The van der Waals surface area contributed by atoms with Gasteiger partial charge in [-0.15, -0.1) is 0 Å². The Balaban J connectivity index is 1.81. The molecule has 2 heterocycles. The zero-order valence-electron chi connectivity index (χ0n) is 13.6. The summed E-state index contributed by atoms with van der Waals surface area (Å²) in [7, 11) is 1.58. The molecule has 0 spiro atoms. The summed E-state index contributed by atoms with van der Waals surface area (Å²) in [6.45, 7) is 7.90. The zero-order chi connectivity index (χ0) is 15.9. The van der Waals surface area contributed by atoms with Crippen molar-refractivity contribution >= 4 is 11.7 Å². The van der Waals surface area contributed by atoms with Crippen LogP contribution >= 0.6 is 0 Å². The highest BCUT2D eigenvalue weighted by Crippen LogP contribution is 2.15. The molecule has 1 saturated heterocycles. The topological polar surface area (TPSA) is 70.6 Å². The third-order valence-electron chi connectivity index (χ3n) is 3.89. The van der Waals surface area contributed by atoms with Gasteiger partial charge in [-0.3, -0.25) is 14.7 Å². The molecule has 0 radical (unpaired) electrons. The van der Waals surface area contributed by atoms with Gasteiger partial charge in [0.05, 0.1) is 26.0 Å². The van der Waals surface area contributed by atoms with Gasteiger partial charge in [0, 0.05) is 32.2 Å². The number of anilines is 1. The van der Waals surface area contributed by atoms with Crippen LogP contribution < -0.4 is 15.0 Å². The van der Waals surface area contributed by atoms with E-state index in [1.54, 1.807) is 19.5 Å². The van der Waals surface area contributed by atoms with E-state index in [4.69, 9.17) is 4.74 Å². The van der Waals surface area contributed by atoms with Crippen molar-refractivity contribution < 1.29 is 9.53 Å². The van der Waals surface area contributed by atoms with Gasteiger partial charge in [-0.1, -0.05) is 6.92 Å². The smallest absolute Gasteiger partial charge is 0.234 e. The van der Waals surface area contributed by atoms with E-state index < -0.39 is 0 Å². The Kier molecular flexibility index (Phi) is 5.94. The molecule has 1 aromatic rings. The van der Waals surface area contributed by atoms with Crippen LogP contribution in [0.1, 0.15) is 20.3 Å². The number of carbonyl (C=O) groups excluding carboxylic acids is 1. The largest absolute Gasteiger partial charge is 0.480 e. The van der Waals surface area contributed by atoms with E-state index in [0.29, 0.717) is 12.4 Å². The summed E-state index contributed by atoms with van der Waals surface area (Å²) >= 11 is 0. The molecular formula is C15H25N5O2. The van der Waals surface area contributed by atoms with Crippen molar-refractivity contribution in [3.05, 3.63) is 12.4 Å². The summed E-state index contributed by atoms with van der Waals surface area (Å²) in [5, 5.41) is 3.00. The molecule has 1 aliphatic heterocycles. The minimum absolute atomic E-state index is 0.101. The van der Waals surface area contributed by atoms with Gasteiger partial charge >= 0.3 is 0 Å². The van der Waals surface area contributed by atoms with Crippen molar-refractivity contribution in [3.63, 3.8) is 0 Å². The molecule has 0 saturated carbocycles. The van der Waals surface area contributed by atoms with Crippen molar-refractivity contribution in [3.8, 4) is 5.88 Å². The normalized spacial score (nSPS) is 17.1. The number of hydrogen-bond acceptors (Lipinski definition) is 6. The molecule has 0 unspecified atom stereocenters. The molecule has 1 amide bonds. The molecule has 0 aromatic carbocycles. The molecule has 1 N–H and O–H groups in total. The van der Waals surface area contributed by atoms with Gasteiger partial charge in [-0.05, 0) is 13.3 Å². The Morgan fingerprint density at radius 1 is 1.36 bits per heavy atom. The van der Waals surface area contributed by atoms with Crippen LogP contribution in [0.2, 0.25) is 0 Å². The monoisotopic (exact) mass is 307 g/mol. The number of nitrogens with zero attached hydrogens (tertiary/aromatic N) is 4. The van der Waals surface area contributed by atoms with Crippen LogP contribution in [0.3, 0.4) is 0 Å². The minimum Gasteiger partial charge on any atom is -0.480 e. The third kappa shape index (κ3) is 4.56. The second-order valence-corrected chi connectivity index (χ2v) is 5.56. The number of amides is 1. The lowest BCUT2D eigenvalue weighted by molar-refractivity contribution is -0.122. The lowest BCUT2D eigenvalue weighted by atomic mass is 10.2. The lowest BCUT2D eigenvalue weighted by Gasteiger charge is -2.35. The standard InChI is InChI=1S/C15H25N5O2/c1-4-12(2)17-14(21)11-19-5-7-20(8-6-19)13-9-16-10-15(18-13)22-3/h9-10,12H,4-8,11H2,1-3H3,(H,17,21)/t12-/m1/s1. The molecule has 7 heteroatoms. The van der Waals surface area contributed by atoms with Crippen LogP contribution in [0.25, 0.3) is 0 Å². The molecule has 1 aliphatic rings. The van der Waals surface area contributed by atoms with E-state index in [9.17, 15) is 4.79 Å². The average Bonchev–Trinajstić information content (AvgIpc) is 2.55. The van der Waals surface area contributed by atoms with Gasteiger partial charge in [-0.2, -0.15) is 4.98 Å². The molecular weight excluding hydrogens is 282 g/mol. The van der Waals surface area contributed by atoms with Crippen LogP contribution in [0, 0.1) is 0 Å². The van der Waals surface area contributed by atoms with E-state index in [-0.39, 0.29) is 11.9 Å². The van der Waals surface area contributed by atoms with Gasteiger partial charge in [0.25, 0.3) is 0 Å². The Morgan fingerprint density at radius 3 is 2.73 bits per heavy atom. The molecule has 2 rings (SSSR count). The highest BCUT2D eigenvalue weighted by atomic mass is 16.5. The summed E-state index contributed by atoms with van der Waals surface area (Å²) in [6, 6.07) is 0.237. The first-order valence-corrected chi connectivity index (χ1v) is 7.75. The summed E-state index contributed by atoms with van der Waals surface area (Å²) in [6.07, 6.45) is 4.29. The fraction of sp³-hybridized carbons (Fsp3) is 0.667. The summed E-state index contributed by atoms with van der Waals surface area (Å²) < 4.78 is 5.10. The maximum Gasteiger partial charge on any atom is 0.234 e. The number of nitrogens with one attached hydrogen (secondary N) is 1. The first-order valence-electron chi connectivity index (χ1n) is 7.75. The van der Waals surface area contributed by atoms with E-state index in [1.807, 2.05) is 6.92 Å². The van der Waals surface area contributed by atoms with Crippen LogP contribution in [-0.2, 0) is 4.79 Å². The Morgan fingerprint density at radius 2 is 2.09 bits per heavy atom. The molecule has 0 bridgehead atoms. The van der Waals surface area contributed by atoms with Crippen molar-refractivity contribution in [2.24, 2.45) is 0 Å². The SMILES string of the molecule is CC[C@@H](C)NC(=O)CN1CCN(c2cncc(OC)n2)CC1. The molecule has 1 atom stereocenters. The van der Waals surface area contributed by atoms with Gasteiger partial charge in [0.2, 0.25) is 11.8 Å². The molecule has 1 fully saturated rings. The number of piperazine rings is 1. The third-order valence-corrected chi connectivity index (χ3v) is 3.89. The average molecular weight is 307 g/mol. The quantitative estimate of drug-likeness (QED) is 0.826. The molecule has 0 aliphatic carbocycles.